The van der Waals surface area contributed by atoms with Gasteiger partial charge in [-0.15, -0.1) is 0 Å². The van der Waals surface area contributed by atoms with Crippen molar-refractivity contribution in [3.05, 3.63) is 30.1 Å². The van der Waals surface area contributed by atoms with Gasteiger partial charge in [-0.2, -0.15) is 13.2 Å². The van der Waals surface area contributed by atoms with E-state index in [2.05, 4.69) is 9.97 Å². The summed E-state index contributed by atoms with van der Waals surface area (Å²) in [4.78, 5) is 22.1. The topological polar surface area (TPSA) is 85.8 Å². The maximum Gasteiger partial charge on any atom is 0.408 e. The first-order valence-electron chi connectivity index (χ1n) is 8.30. The molecule has 0 bridgehead atoms. The molecule has 27 heavy (non-hydrogen) atoms. The molecule has 1 saturated heterocycles. The largest absolute Gasteiger partial charge is 0.494 e. The first kappa shape index (κ1) is 17.4. The number of para-hydroxylation sites is 1. The molecule has 1 amide bonds. The van der Waals surface area contributed by atoms with Crippen LogP contribution in [-0.2, 0) is 0 Å². The molecule has 7 nitrogen and oxygen atoms in total. The van der Waals surface area contributed by atoms with Crippen LogP contribution >= 0.6 is 0 Å². The van der Waals surface area contributed by atoms with E-state index in [9.17, 15) is 18.0 Å². The molecule has 2 N–H and O–H groups in total. The molecule has 3 heterocycles. The van der Waals surface area contributed by atoms with Gasteiger partial charge in [0.2, 0.25) is 5.95 Å². The van der Waals surface area contributed by atoms with E-state index >= 15 is 0 Å². The van der Waals surface area contributed by atoms with Crippen molar-refractivity contribution >= 4 is 28.4 Å². The SMILES string of the molecule is COc1cccc2c1nc(N)n1cc(C(=O)N3CCCC3C(F)(F)F)nc21. The van der Waals surface area contributed by atoms with Crippen molar-refractivity contribution in [2.24, 2.45) is 0 Å². The Bertz CT molecular complexity index is 1050. The summed E-state index contributed by atoms with van der Waals surface area (Å²) in [7, 11) is 1.49. The Morgan fingerprint density at radius 1 is 1.33 bits per heavy atom. The lowest BCUT2D eigenvalue weighted by Crippen LogP contribution is -2.44. The van der Waals surface area contributed by atoms with Crippen LogP contribution in [0.1, 0.15) is 23.3 Å². The highest BCUT2D eigenvalue weighted by Gasteiger charge is 2.48. The Morgan fingerprint density at radius 3 is 2.81 bits per heavy atom. The Morgan fingerprint density at radius 2 is 2.11 bits per heavy atom. The van der Waals surface area contributed by atoms with Crippen molar-refractivity contribution in [1.82, 2.24) is 19.3 Å². The number of halogens is 3. The first-order chi connectivity index (χ1) is 12.8. The van der Waals surface area contributed by atoms with Gasteiger partial charge >= 0.3 is 6.18 Å². The molecule has 0 saturated carbocycles. The lowest BCUT2D eigenvalue weighted by molar-refractivity contribution is -0.169. The number of nitrogens with zero attached hydrogens (tertiary/aromatic N) is 4. The number of imidazole rings is 1. The zero-order chi connectivity index (χ0) is 19.3. The van der Waals surface area contributed by atoms with Crippen LogP contribution in [0.4, 0.5) is 19.1 Å². The van der Waals surface area contributed by atoms with Crippen LogP contribution in [-0.4, -0.2) is 51.0 Å². The zero-order valence-corrected chi connectivity index (χ0v) is 14.3. The van der Waals surface area contributed by atoms with Crippen LogP contribution in [0.2, 0.25) is 0 Å². The summed E-state index contributed by atoms with van der Waals surface area (Å²) in [5.41, 5.74) is 6.66. The minimum Gasteiger partial charge on any atom is -0.494 e. The second kappa shape index (κ2) is 6.00. The molecule has 10 heteroatoms. The van der Waals surface area contributed by atoms with Gasteiger partial charge in [0, 0.05) is 18.1 Å². The number of methoxy groups -OCH3 is 1. The number of carbonyl (C=O) groups is 1. The summed E-state index contributed by atoms with van der Waals surface area (Å²) in [6.07, 6.45) is -2.95. The number of amides is 1. The molecular weight excluding hydrogens is 363 g/mol. The third kappa shape index (κ3) is 2.71. The molecular formula is C17H16F3N5O2. The summed E-state index contributed by atoms with van der Waals surface area (Å²) in [5, 5.41) is 0.580. The third-order valence-corrected chi connectivity index (χ3v) is 4.75. The molecule has 1 unspecified atom stereocenters. The Labute approximate surface area is 151 Å². The summed E-state index contributed by atoms with van der Waals surface area (Å²) in [6, 6.07) is 3.38. The van der Waals surface area contributed by atoms with Crippen LogP contribution in [0, 0.1) is 0 Å². The van der Waals surface area contributed by atoms with Crippen molar-refractivity contribution in [3.8, 4) is 5.75 Å². The maximum absolute atomic E-state index is 13.2. The molecule has 1 aliphatic heterocycles. The van der Waals surface area contributed by atoms with E-state index in [1.54, 1.807) is 18.2 Å². The van der Waals surface area contributed by atoms with E-state index in [0.29, 0.717) is 28.7 Å². The summed E-state index contributed by atoms with van der Waals surface area (Å²) in [6.45, 7) is 0.0409. The number of aromatic nitrogens is 3. The normalized spacial score (nSPS) is 17.8. The molecule has 4 rings (SSSR count). The average molecular weight is 379 g/mol. The van der Waals surface area contributed by atoms with Gasteiger partial charge in [-0.05, 0) is 25.0 Å². The molecule has 142 valence electrons. The molecule has 3 aromatic rings. The van der Waals surface area contributed by atoms with Gasteiger partial charge in [0.05, 0.1) is 7.11 Å². The number of anilines is 1. The van der Waals surface area contributed by atoms with Gasteiger partial charge in [0.25, 0.3) is 5.91 Å². The van der Waals surface area contributed by atoms with Gasteiger partial charge in [-0.3, -0.25) is 9.20 Å². The van der Waals surface area contributed by atoms with Crippen molar-refractivity contribution in [2.45, 2.75) is 25.1 Å². The Kier molecular flexibility index (Phi) is 3.86. The van der Waals surface area contributed by atoms with E-state index in [1.165, 1.54) is 17.7 Å². The lowest BCUT2D eigenvalue weighted by atomic mass is 10.2. The standard InChI is InChI=1S/C17H16F3N5O2/c1-27-11-5-2-4-9-13(11)23-16(21)25-8-10(22-14(9)25)15(26)24-7-3-6-12(24)17(18,19)20/h2,4-5,8,12H,3,6-7H2,1H3,(H2,21,23). The fourth-order valence-corrected chi connectivity index (χ4v) is 3.50. The van der Waals surface area contributed by atoms with Crippen molar-refractivity contribution in [2.75, 3.05) is 19.4 Å². The quantitative estimate of drug-likeness (QED) is 0.740. The maximum atomic E-state index is 13.2. The minimum absolute atomic E-state index is 0.0409. The Balaban J connectivity index is 1.83. The number of likely N-dealkylation sites (tertiary alicyclic amines) is 1. The number of alkyl halides is 3. The monoisotopic (exact) mass is 379 g/mol. The molecule has 1 aromatic carbocycles. The van der Waals surface area contributed by atoms with Gasteiger partial charge < -0.3 is 15.4 Å². The molecule has 1 atom stereocenters. The van der Waals surface area contributed by atoms with E-state index in [4.69, 9.17) is 10.5 Å². The van der Waals surface area contributed by atoms with Crippen LogP contribution in [0.25, 0.3) is 16.6 Å². The van der Waals surface area contributed by atoms with Crippen molar-refractivity contribution in [1.29, 1.82) is 0 Å². The summed E-state index contributed by atoms with van der Waals surface area (Å²) < 4.78 is 46.2. The number of rotatable bonds is 2. The molecule has 0 aliphatic carbocycles. The number of nitrogen functional groups attached to an aromatic ring is 1. The van der Waals surface area contributed by atoms with E-state index < -0.39 is 18.1 Å². The van der Waals surface area contributed by atoms with Gasteiger partial charge in [-0.1, -0.05) is 6.07 Å². The zero-order valence-electron chi connectivity index (χ0n) is 14.3. The number of hydrogen-bond acceptors (Lipinski definition) is 5. The van der Waals surface area contributed by atoms with Crippen LogP contribution in [0.15, 0.2) is 24.4 Å². The van der Waals surface area contributed by atoms with E-state index in [-0.39, 0.29) is 24.6 Å². The van der Waals surface area contributed by atoms with Crippen molar-refractivity contribution < 1.29 is 22.7 Å². The number of ether oxygens (including phenoxy) is 1. The van der Waals surface area contributed by atoms with Crippen LogP contribution in [0.5, 0.6) is 5.75 Å². The number of carbonyl (C=O) groups excluding carboxylic acids is 1. The van der Waals surface area contributed by atoms with Gasteiger partial charge in [0.1, 0.15) is 28.6 Å². The number of hydrogen-bond donors (Lipinski definition) is 1. The van der Waals surface area contributed by atoms with E-state index in [0.717, 1.165) is 4.90 Å². The Hall–Kier alpha value is -3.04. The van der Waals surface area contributed by atoms with Crippen LogP contribution in [0.3, 0.4) is 0 Å². The van der Waals surface area contributed by atoms with E-state index in [1.807, 2.05) is 0 Å². The predicted octanol–water partition coefficient (Wildman–Crippen LogP) is 2.64. The number of benzene rings is 1. The summed E-state index contributed by atoms with van der Waals surface area (Å²) in [5.74, 6) is -0.231. The molecule has 0 radical (unpaired) electrons. The average Bonchev–Trinajstić information content (AvgIpc) is 3.28. The molecule has 0 spiro atoms. The lowest BCUT2D eigenvalue weighted by Gasteiger charge is -2.25. The fourth-order valence-electron chi connectivity index (χ4n) is 3.50. The third-order valence-electron chi connectivity index (χ3n) is 4.75. The van der Waals surface area contributed by atoms with Gasteiger partial charge in [-0.25, -0.2) is 9.97 Å². The molecule has 1 fully saturated rings. The number of nitrogens with two attached hydrogens (primary N) is 1. The second-order valence-electron chi connectivity index (χ2n) is 6.34. The minimum atomic E-state index is -4.47. The molecule has 2 aromatic heterocycles. The highest BCUT2D eigenvalue weighted by Crippen LogP contribution is 2.34. The second-order valence-corrected chi connectivity index (χ2v) is 6.34. The molecule has 1 aliphatic rings. The first-order valence-corrected chi connectivity index (χ1v) is 8.30. The fraction of sp³-hybridized carbons (Fsp3) is 0.353. The smallest absolute Gasteiger partial charge is 0.408 e. The van der Waals surface area contributed by atoms with Crippen molar-refractivity contribution in [3.63, 3.8) is 0 Å². The highest BCUT2D eigenvalue weighted by molar-refractivity contribution is 5.99. The highest BCUT2D eigenvalue weighted by atomic mass is 19.4. The van der Waals surface area contributed by atoms with Gasteiger partial charge in [0.15, 0.2) is 0 Å². The summed E-state index contributed by atoms with van der Waals surface area (Å²) >= 11 is 0. The van der Waals surface area contributed by atoms with Crippen LogP contribution < -0.4 is 10.5 Å². The number of fused-ring (bicyclic) bond motifs is 3. The predicted molar refractivity (Wildman–Crippen MR) is 91.6 cm³/mol.